The number of nitrogens with two attached hydrogens (primary N) is 3. The van der Waals surface area contributed by atoms with E-state index in [1.54, 1.807) is 24.3 Å². The minimum atomic E-state index is -0.982. The largest absolute Gasteiger partial charge is 0.370 e. The molecule has 0 spiro atoms. The van der Waals surface area contributed by atoms with E-state index in [2.05, 4.69) is 26.3 Å². The van der Waals surface area contributed by atoms with Gasteiger partial charge in [0.2, 0.25) is 23.6 Å². The fourth-order valence-corrected chi connectivity index (χ4v) is 4.57. The fourth-order valence-electron chi connectivity index (χ4n) is 4.57. The van der Waals surface area contributed by atoms with E-state index in [-0.39, 0.29) is 37.7 Å². The van der Waals surface area contributed by atoms with Crippen molar-refractivity contribution in [3.63, 3.8) is 0 Å². The first-order valence-corrected chi connectivity index (χ1v) is 14.2. The summed E-state index contributed by atoms with van der Waals surface area (Å²) in [4.78, 5) is 68.5. The van der Waals surface area contributed by atoms with Gasteiger partial charge in [-0.05, 0) is 63.5 Å². The Balaban J connectivity index is 2.32. The number of aldehydes is 1. The lowest BCUT2D eigenvalue weighted by molar-refractivity contribution is -0.133. The zero-order valence-electron chi connectivity index (χ0n) is 23.5. The first-order chi connectivity index (χ1) is 19.7. The summed E-state index contributed by atoms with van der Waals surface area (Å²) in [6, 6.07) is 6.27. The number of carbonyl (C=O) groups is 5. The molecule has 4 amide bonds. The lowest BCUT2D eigenvalue weighted by Gasteiger charge is -2.25. The molecular weight excluding hydrogens is 528 g/mol. The smallest absolute Gasteiger partial charge is 0.243 e. The van der Waals surface area contributed by atoms with Crippen molar-refractivity contribution in [1.82, 2.24) is 21.3 Å². The van der Waals surface area contributed by atoms with Crippen LogP contribution in [0.2, 0.25) is 0 Å². The second-order valence-electron chi connectivity index (χ2n) is 10.1. The molecular formula is C28H44N8O5. The highest BCUT2D eigenvalue weighted by Gasteiger charge is 2.30. The summed E-state index contributed by atoms with van der Waals surface area (Å²) in [5.41, 5.74) is 17.1. The van der Waals surface area contributed by atoms with Gasteiger partial charge in [-0.15, -0.1) is 0 Å². The van der Waals surface area contributed by atoms with Gasteiger partial charge in [0.1, 0.15) is 18.4 Å². The average Bonchev–Trinajstić information content (AvgIpc) is 2.95. The van der Waals surface area contributed by atoms with Crippen LogP contribution in [0.5, 0.6) is 0 Å². The van der Waals surface area contributed by atoms with Crippen LogP contribution in [0.1, 0.15) is 69.3 Å². The third-order valence-electron chi connectivity index (χ3n) is 6.82. The molecule has 41 heavy (non-hydrogen) atoms. The fraction of sp³-hybridized carbons (Fsp3) is 0.571. The van der Waals surface area contributed by atoms with Gasteiger partial charge < -0.3 is 43.3 Å². The Hall–Kier alpha value is -4.00. The molecule has 0 aliphatic carbocycles. The molecule has 2 rings (SSSR count). The Bertz CT molecular complexity index is 1030. The molecule has 226 valence electrons. The number of hydrogen-bond acceptors (Lipinski definition) is 7. The molecule has 4 atom stereocenters. The lowest BCUT2D eigenvalue weighted by atomic mass is 9.94. The lowest BCUT2D eigenvalue weighted by Crippen LogP contribution is -2.55. The zero-order chi connectivity index (χ0) is 30.0. The van der Waals surface area contributed by atoms with Crippen molar-refractivity contribution in [2.45, 2.75) is 81.8 Å². The molecule has 13 nitrogen and oxygen atoms in total. The van der Waals surface area contributed by atoms with Crippen LogP contribution in [0.3, 0.4) is 0 Å². The molecule has 1 fully saturated rings. The predicted octanol–water partition coefficient (Wildman–Crippen LogP) is -0.704. The van der Waals surface area contributed by atoms with Gasteiger partial charge in [-0.1, -0.05) is 30.3 Å². The molecule has 1 heterocycles. The van der Waals surface area contributed by atoms with Crippen LogP contribution in [0, 0.1) is 0 Å². The van der Waals surface area contributed by atoms with Crippen LogP contribution >= 0.6 is 0 Å². The van der Waals surface area contributed by atoms with Crippen molar-refractivity contribution >= 4 is 35.9 Å². The summed E-state index contributed by atoms with van der Waals surface area (Å²) < 4.78 is 0. The van der Waals surface area contributed by atoms with Gasteiger partial charge in [-0.25, -0.2) is 0 Å². The van der Waals surface area contributed by atoms with Gasteiger partial charge >= 0.3 is 0 Å². The van der Waals surface area contributed by atoms with Crippen molar-refractivity contribution in [2.24, 2.45) is 22.2 Å². The van der Waals surface area contributed by atoms with Crippen LogP contribution < -0.4 is 38.5 Å². The van der Waals surface area contributed by atoms with Crippen molar-refractivity contribution in [3.05, 3.63) is 35.9 Å². The third-order valence-corrected chi connectivity index (χ3v) is 6.82. The molecule has 13 heteroatoms. The standard InChI is InChI=1S/C28H44N8O5/c29-14-6-4-12-22-27(41)36-23(13-8-16-33-28(30)31)26(40)34-20(18-37)11-5-7-15-32-25(39)21(17-24(38)35-22)19-9-2-1-3-10-19/h1-3,9-10,18,20-23H,4-8,11-17,29H2,(H,32,39)(H,34,40)(H,35,38)(H,36,41)(H4,30,31,33)/t20-,21?,22-,23-/m0/s1. The average molecular weight is 573 g/mol. The van der Waals surface area contributed by atoms with Gasteiger partial charge in [-0.2, -0.15) is 0 Å². The van der Waals surface area contributed by atoms with Crippen LogP contribution in [0.4, 0.5) is 0 Å². The molecule has 0 saturated carbocycles. The number of hydrogen-bond donors (Lipinski definition) is 7. The minimum absolute atomic E-state index is 0.0853. The number of benzene rings is 1. The van der Waals surface area contributed by atoms with E-state index in [1.165, 1.54) is 0 Å². The van der Waals surface area contributed by atoms with Gasteiger partial charge in [0.05, 0.1) is 12.0 Å². The Morgan fingerprint density at radius 3 is 2.24 bits per heavy atom. The SMILES string of the molecule is NCCCC[C@@H]1NC(=O)CC(c2ccccc2)C(=O)NCCCC[C@@H](C=O)NC(=O)[C@H](CCCN=C(N)N)NC1=O. The maximum absolute atomic E-state index is 13.4. The van der Waals surface area contributed by atoms with E-state index in [9.17, 15) is 24.0 Å². The highest BCUT2D eigenvalue weighted by molar-refractivity contribution is 5.94. The molecule has 0 radical (unpaired) electrons. The number of nitrogens with one attached hydrogen (secondary N) is 4. The molecule has 1 unspecified atom stereocenters. The maximum Gasteiger partial charge on any atom is 0.243 e. The number of aliphatic imine (C=N–C) groups is 1. The first-order valence-electron chi connectivity index (χ1n) is 14.2. The molecule has 1 aliphatic heterocycles. The van der Waals surface area contributed by atoms with E-state index in [0.717, 1.165) is 0 Å². The zero-order valence-corrected chi connectivity index (χ0v) is 23.5. The van der Waals surface area contributed by atoms with E-state index in [1.807, 2.05) is 6.07 Å². The summed E-state index contributed by atoms with van der Waals surface area (Å²) in [6.45, 7) is 1.01. The molecule has 1 aromatic rings. The van der Waals surface area contributed by atoms with Crippen molar-refractivity contribution in [3.8, 4) is 0 Å². The van der Waals surface area contributed by atoms with E-state index < -0.39 is 41.8 Å². The Labute approximate surface area is 240 Å². The van der Waals surface area contributed by atoms with Crippen LogP contribution in [-0.4, -0.2) is 73.6 Å². The maximum atomic E-state index is 13.4. The number of rotatable bonds is 10. The van der Waals surface area contributed by atoms with E-state index in [0.29, 0.717) is 63.5 Å². The summed E-state index contributed by atoms with van der Waals surface area (Å²) in [6.07, 6.45) is 4.07. The number of unbranched alkanes of at least 4 members (excludes halogenated alkanes) is 1. The number of amides is 4. The van der Waals surface area contributed by atoms with Gasteiger partial charge in [0.15, 0.2) is 5.96 Å². The van der Waals surface area contributed by atoms with Crippen molar-refractivity contribution in [2.75, 3.05) is 19.6 Å². The molecule has 0 bridgehead atoms. The van der Waals surface area contributed by atoms with Gasteiger partial charge in [0.25, 0.3) is 0 Å². The second kappa shape index (κ2) is 18.4. The number of carbonyl (C=O) groups excluding carboxylic acids is 5. The highest BCUT2D eigenvalue weighted by atomic mass is 16.2. The summed E-state index contributed by atoms with van der Waals surface area (Å²) >= 11 is 0. The summed E-state index contributed by atoms with van der Waals surface area (Å²) in [5.74, 6) is -2.69. The number of nitrogens with zero attached hydrogens (tertiary/aromatic N) is 1. The van der Waals surface area contributed by atoms with Crippen LogP contribution in [-0.2, 0) is 24.0 Å². The molecule has 1 aromatic carbocycles. The van der Waals surface area contributed by atoms with E-state index >= 15 is 0 Å². The molecule has 1 aliphatic rings. The Morgan fingerprint density at radius 2 is 1.56 bits per heavy atom. The van der Waals surface area contributed by atoms with Crippen LogP contribution in [0.25, 0.3) is 0 Å². The monoisotopic (exact) mass is 572 g/mol. The van der Waals surface area contributed by atoms with Crippen molar-refractivity contribution < 1.29 is 24.0 Å². The molecule has 1 saturated heterocycles. The van der Waals surface area contributed by atoms with Crippen LogP contribution in [0.15, 0.2) is 35.3 Å². The third kappa shape index (κ3) is 12.4. The Kier molecular flexibility index (Phi) is 14.9. The predicted molar refractivity (Wildman–Crippen MR) is 155 cm³/mol. The summed E-state index contributed by atoms with van der Waals surface area (Å²) in [7, 11) is 0. The topological polar surface area (TPSA) is 224 Å². The molecule has 0 aromatic heterocycles. The van der Waals surface area contributed by atoms with Gasteiger partial charge in [0, 0.05) is 19.5 Å². The second-order valence-corrected chi connectivity index (χ2v) is 10.1. The quantitative estimate of drug-likeness (QED) is 0.0819. The summed E-state index contributed by atoms with van der Waals surface area (Å²) in [5, 5.41) is 11.1. The highest BCUT2D eigenvalue weighted by Crippen LogP contribution is 2.20. The van der Waals surface area contributed by atoms with Crippen molar-refractivity contribution in [1.29, 1.82) is 0 Å². The first kappa shape index (κ1) is 33.2. The van der Waals surface area contributed by atoms with Gasteiger partial charge in [-0.3, -0.25) is 24.2 Å². The van der Waals surface area contributed by atoms with E-state index in [4.69, 9.17) is 17.2 Å². The minimum Gasteiger partial charge on any atom is -0.370 e. The molecule has 10 N–H and O–H groups in total. The Morgan fingerprint density at radius 1 is 0.878 bits per heavy atom. The number of guanidine groups is 1. The normalized spacial score (nSPS) is 23.2.